The molecule has 0 saturated carbocycles. The Kier molecular flexibility index (Phi) is 5.13. The highest BCUT2D eigenvalue weighted by Gasteiger charge is 2.33. The van der Waals surface area contributed by atoms with Crippen molar-refractivity contribution in [1.82, 2.24) is 19.7 Å². The van der Waals surface area contributed by atoms with Gasteiger partial charge in [0.2, 0.25) is 0 Å². The summed E-state index contributed by atoms with van der Waals surface area (Å²) < 4.78 is 26.0. The Labute approximate surface area is 186 Å². The second-order valence-corrected chi connectivity index (χ2v) is 12.0. The molecule has 164 valence electrons. The van der Waals surface area contributed by atoms with Gasteiger partial charge < -0.3 is 4.90 Å². The molecule has 0 spiro atoms. The number of thiophene rings is 1. The monoisotopic (exact) mass is 458 g/mol. The highest BCUT2D eigenvalue weighted by Crippen LogP contribution is 2.34. The first-order valence-corrected chi connectivity index (χ1v) is 13.5. The predicted octanol–water partition coefficient (Wildman–Crippen LogP) is 3.70. The van der Waals surface area contributed by atoms with Crippen LogP contribution in [0, 0.1) is 12.8 Å². The molecule has 2 aliphatic rings. The molecule has 0 N–H and O–H groups in total. The predicted molar refractivity (Wildman–Crippen MR) is 122 cm³/mol. The average Bonchev–Trinajstić information content (AvgIpc) is 3.46. The van der Waals surface area contributed by atoms with E-state index in [1.165, 1.54) is 0 Å². The topological polar surface area (TPSA) is 85.2 Å². The number of pyridine rings is 1. The Bertz CT molecular complexity index is 1250. The minimum atomic E-state index is -3.07. The van der Waals surface area contributed by atoms with Crippen molar-refractivity contribution in [1.29, 1.82) is 0 Å². The first kappa shape index (κ1) is 20.6. The summed E-state index contributed by atoms with van der Waals surface area (Å²) in [6, 6.07) is 5.60. The van der Waals surface area contributed by atoms with Crippen molar-refractivity contribution >= 4 is 38.1 Å². The standard InChI is InChI=1S/C22H26N4O3S2/c1-14-5-3-8-25(12-14)22(27)17-11-18(19-6-4-9-30-19)23-21-20(17)15(2)24-26(21)16-7-10-31(28,29)13-16/h4,6,9,11,14,16H,3,5,7-8,10,12-13H2,1-2H3. The van der Waals surface area contributed by atoms with Crippen LogP contribution in [-0.2, 0) is 9.84 Å². The zero-order valence-electron chi connectivity index (χ0n) is 17.7. The van der Waals surface area contributed by atoms with E-state index in [1.807, 2.05) is 35.4 Å². The number of sulfone groups is 1. The molecule has 5 heterocycles. The summed E-state index contributed by atoms with van der Waals surface area (Å²) in [4.78, 5) is 21.4. The molecule has 9 heteroatoms. The molecule has 0 aromatic carbocycles. The molecule has 2 fully saturated rings. The quantitative estimate of drug-likeness (QED) is 0.597. The summed E-state index contributed by atoms with van der Waals surface area (Å²) in [5, 5.41) is 7.42. The van der Waals surface area contributed by atoms with Crippen LogP contribution in [0.2, 0.25) is 0 Å². The SMILES string of the molecule is Cc1nn(C2CCS(=O)(=O)C2)c2nc(-c3cccs3)cc(C(=O)N3CCCC(C)C3)c12. The molecule has 2 unspecified atom stereocenters. The number of nitrogens with zero attached hydrogens (tertiary/aromatic N) is 4. The molecule has 31 heavy (non-hydrogen) atoms. The molecule has 5 rings (SSSR count). The van der Waals surface area contributed by atoms with E-state index in [0.717, 1.165) is 47.6 Å². The number of likely N-dealkylation sites (tertiary alicyclic amines) is 1. The number of hydrogen-bond acceptors (Lipinski definition) is 6. The summed E-state index contributed by atoms with van der Waals surface area (Å²) in [6.07, 6.45) is 2.68. The van der Waals surface area contributed by atoms with Crippen LogP contribution in [0.5, 0.6) is 0 Å². The summed E-state index contributed by atoms with van der Waals surface area (Å²) in [6.45, 7) is 5.58. The molecule has 0 aliphatic carbocycles. The maximum absolute atomic E-state index is 13.6. The van der Waals surface area contributed by atoms with E-state index < -0.39 is 9.84 Å². The van der Waals surface area contributed by atoms with Crippen LogP contribution in [0.3, 0.4) is 0 Å². The second kappa shape index (κ2) is 7.70. The van der Waals surface area contributed by atoms with Gasteiger partial charge >= 0.3 is 0 Å². The number of aromatic nitrogens is 3. The Morgan fingerprint density at radius 1 is 1.29 bits per heavy atom. The van der Waals surface area contributed by atoms with Crippen molar-refractivity contribution in [2.24, 2.45) is 5.92 Å². The lowest BCUT2D eigenvalue weighted by Gasteiger charge is -2.31. The van der Waals surface area contributed by atoms with Gasteiger partial charge in [0, 0.05) is 13.1 Å². The second-order valence-electron chi connectivity index (χ2n) is 8.82. The van der Waals surface area contributed by atoms with Gasteiger partial charge in [0.15, 0.2) is 15.5 Å². The average molecular weight is 459 g/mol. The Morgan fingerprint density at radius 2 is 2.13 bits per heavy atom. The van der Waals surface area contributed by atoms with E-state index in [9.17, 15) is 13.2 Å². The molecule has 2 saturated heterocycles. The van der Waals surface area contributed by atoms with E-state index in [4.69, 9.17) is 4.98 Å². The number of carbonyl (C=O) groups excluding carboxylic acids is 1. The van der Waals surface area contributed by atoms with Gasteiger partial charge in [0.25, 0.3) is 5.91 Å². The largest absolute Gasteiger partial charge is 0.338 e. The number of carbonyl (C=O) groups is 1. The van der Waals surface area contributed by atoms with Crippen LogP contribution < -0.4 is 0 Å². The summed E-state index contributed by atoms with van der Waals surface area (Å²) in [7, 11) is -3.07. The van der Waals surface area contributed by atoms with Crippen molar-refractivity contribution in [2.45, 2.75) is 39.2 Å². The van der Waals surface area contributed by atoms with Gasteiger partial charge in [0.05, 0.1) is 44.8 Å². The smallest absolute Gasteiger partial charge is 0.254 e. The van der Waals surface area contributed by atoms with Crippen molar-refractivity contribution in [3.05, 3.63) is 34.8 Å². The van der Waals surface area contributed by atoms with E-state index in [-0.39, 0.29) is 23.5 Å². The van der Waals surface area contributed by atoms with Gasteiger partial charge in [-0.25, -0.2) is 18.1 Å². The molecule has 2 aliphatic heterocycles. The molecule has 3 aromatic heterocycles. The number of fused-ring (bicyclic) bond motifs is 1. The molecule has 3 aromatic rings. The Balaban J connectivity index is 1.68. The molecule has 0 bridgehead atoms. The number of rotatable bonds is 3. The third-order valence-corrected chi connectivity index (χ3v) is 8.98. The van der Waals surface area contributed by atoms with Crippen LogP contribution in [0.15, 0.2) is 23.6 Å². The van der Waals surface area contributed by atoms with Gasteiger partial charge in [-0.15, -0.1) is 11.3 Å². The summed E-state index contributed by atoms with van der Waals surface area (Å²) in [5.41, 5.74) is 2.68. The lowest BCUT2D eigenvalue weighted by Crippen LogP contribution is -2.39. The fourth-order valence-corrected chi connectivity index (χ4v) is 7.18. The normalized spacial score (nSPS) is 23.5. The van der Waals surface area contributed by atoms with Crippen molar-refractivity contribution in [2.75, 3.05) is 24.6 Å². The van der Waals surface area contributed by atoms with Gasteiger partial charge in [-0.05, 0) is 49.6 Å². The van der Waals surface area contributed by atoms with Crippen LogP contribution in [-0.4, -0.2) is 58.6 Å². The van der Waals surface area contributed by atoms with Crippen molar-refractivity contribution in [3.8, 4) is 10.6 Å². The Hall–Kier alpha value is -2.26. The lowest BCUT2D eigenvalue weighted by molar-refractivity contribution is 0.0685. The van der Waals surface area contributed by atoms with Crippen molar-refractivity contribution < 1.29 is 13.2 Å². The number of hydrogen-bond donors (Lipinski definition) is 0. The van der Waals surface area contributed by atoms with Gasteiger partial charge in [-0.1, -0.05) is 13.0 Å². The highest BCUT2D eigenvalue weighted by atomic mass is 32.2. The Morgan fingerprint density at radius 3 is 2.81 bits per heavy atom. The van der Waals surface area contributed by atoms with Gasteiger partial charge in [-0.2, -0.15) is 5.10 Å². The summed E-state index contributed by atoms with van der Waals surface area (Å²) >= 11 is 1.57. The minimum Gasteiger partial charge on any atom is -0.338 e. The number of amides is 1. The van der Waals surface area contributed by atoms with Crippen LogP contribution in [0.1, 0.15) is 48.3 Å². The minimum absolute atomic E-state index is 0.0125. The van der Waals surface area contributed by atoms with Gasteiger partial charge in [0.1, 0.15) is 0 Å². The number of piperidine rings is 1. The third-order valence-electron chi connectivity index (χ3n) is 6.34. The number of aryl methyl sites for hydroxylation is 1. The van der Waals surface area contributed by atoms with Crippen LogP contribution in [0.25, 0.3) is 21.6 Å². The first-order valence-electron chi connectivity index (χ1n) is 10.8. The lowest BCUT2D eigenvalue weighted by atomic mass is 9.98. The van der Waals surface area contributed by atoms with E-state index >= 15 is 0 Å². The molecule has 0 radical (unpaired) electrons. The molecular weight excluding hydrogens is 432 g/mol. The zero-order valence-corrected chi connectivity index (χ0v) is 19.4. The van der Waals surface area contributed by atoms with Gasteiger partial charge in [-0.3, -0.25) is 4.79 Å². The highest BCUT2D eigenvalue weighted by molar-refractivity contribution is 7.91. The van der Waals surface area contributed by atoms with E-state index in [1.54, 1.807) is 16.0 Å². The van der Waals surface area contributed by atoms with Crippen LogP contribution >= 0.6 is 11.3 Å². The molecular formula is C22H26N4O3S2. The van der Waals surface area contributed by atoms with E-state index in [2.05, 4.69) is 12.0 Å². The van der Waals surface area contributed by atoms with Crippen molar-refractivity contribution in [3.63, 3.8) is 0 Å². The van der Waals surface area contributed by atoms with E-state index in [0.29, 0.717) is 23.5 Å². The fourth-order valence-electron chi connectivity index (χ4n) is 4.80. The first-order chi connectivity index (χ1) is 14.8. The van der Waals surface area contributed by atoms with Crippen LogP contribution in [0.4, 0.5) is 0 Å². The zero-order chi connectivity index (χ0) is 21.8. The fraction of sp³-hybridized carbons (Fsp3) is 0.500. The third kappa shape index (κ3) is 3.78. The molecule has 2 atom stereocenters. The molecule has 1 amide bonds. The maximum atomic E-state index is 13.6. The maximum Gasteiger partial charge on any atom is 0.254 e. The molecule has 7 nitrogen and oxygen atoms in total. The summed E-state index contributed by atoms with van der Waals surface area (Å²) in [5.74, 6) is 0.735.